The van der Waals surface area contributed by atoms with E-state index >= 15 is 0 Å². The zero-order chi connectivity index (χ0) is 30.2. The fourth-order valence-electron chi connectivity index (χ4n) is 7.08. The summed E-state index contributed by atoms with van der Waals surface area (Å²) in [7, 11) is 3.31. The quantitative estimate of drug-likeness (QED) is 0.230. The first-order valence-electron chi connectivity index (χ1n) is 15.5. The molecule has 1 aliphatic heterocycles. The molecule has 1 aliphatic rings. The number of nitrogens with one attached hydrogen (secondary N) is 1. The van der Waals surface area contributed by atoms with Crippen LogP contribution >= 0.6 is 0 Å². The number of unbranched alkanes of at least 4 members (excludes halogenated alkanes) is 1. The van der Waals surface area contributed by atoms with Gasteiger partial charge < -0.3 is 20.5 Å². The number of nitrogens with zero attached hydrogens (tertiary/aromatic N) is 1. The maximum atomic E-state index is 13.0. The van der Waals surface area contributed by atoms with Crippen molar-refractivity contribution < 1.29 is 14.3 Å². The summed E-state index contributed by atoms with van der Waals surface area (Å²) in [6, 6.07) is 25.4. The van der Waals surface area contributed by atoms with Crippen molar-refractivity contribution in [1.82, 2.24) is 10.2 Å². The Morgan fingerprint density at radius 2 is 1.55 bits per heavy atom. The van der Waals surface area contributed by atoms with E-state index in [9.17, 15) is 4.79 Å². The Morgan fingerprint density at radius 3 is 2.07 bits per heavy atom. The van der Waals surface area contributed by atoms with Crippen molar-refractivity contribution in [1.29, 1.82) is 0 Å². The Kier molecular flexibility index (Phi) is 10.7. The van der Waals surface area contributed by atoms with Crippen molar-refractivity contribution >= 4 is 5.91 Å². The summed E-state index contributed by atoms with van der Waals surface area (Å²) in [4.78, 5) is 15.4. The Hall–Kier alpha value is -3.35. The highest BCUT2D eigenvalue weighted by atomic mass is 16.5. The van der Waals surface area contributed by atoms with E-state index in [1.165, 1.54) is 11.1 Å². The number of hydrogen-bond acceptors (Lipinski definition) is 5. The average molecular weight is 572 g/mol. The average Bonchev–Trinajstić information content (AvgIpc) is 3.02. The second-order valence-electron chi connectivity index (χ2n) is 11.6. The molecule has 0 bridgehead atoms. The second kappa shape index (κ2) is 14.2. The van der Waals surface area contributed by atoms with Crippen molar-refractivity contribution in [3.63, 3.8) is 0 Å². The molecule has 0 saturated carbocycles. The number of ether oxygens (including phenoxy) is 2. The molecule has 6 heteroatoms. The molecular weight excluding hydrogens is 522 g/mol. The van der Waals surface area contributed by atoms with Crippen LogP contribution in [-0.4, -0.2) is 44.2 Å². The summed E-state index contributed by atoms with van der Waals surface area (Å²) >= 11 is 0. The Labute approximate surface area is 252 Å². The zero-order valence-corrected chi connectivity index (χ0v) is 26.1. The van der Waals surface area contributed by atoms with Gasteiger partial charge >= 0.3 is 0 Å². The van der Waals surface area contributed by atoms with Crippen LogP contribution in [0.25, 0.3) is 0 Å². The Balaban J connectivity index is 1.85. The molecular formula is C36H49N3O3. The van der Waals surface area contributed by atoms with E-state index in [4.69, 9.17) is 15.2 Å². The summed E-state index contributed by atoms with van der Waals surface area (Å²) in [6.07, 6.45) is 6.52. The van der Waals surface area contributed by atoms with Gasteiger partial charge in [-0.05, 0) is 60.9 Å². The van der Waals surface area contributed by atoms with Gasteiger partial charge in [-0.25, -0.2) is 0 Å². The van der Waals surface area contributed by atoms with E-state index in [1.807, 2.05) is 6.07 Å². The van der Waals surface area contributed by atoms with Crippen LogP contribution in [0, 0.1) is 0 Å². The second-order valence-corrected chi connectivity index (χ2v) is 11.6. The Bertz CT molecular complexity index is 1260. The lowest BCUT2D eigenvalue weighted by Gasteiger charge is -2.52. The molecule has 1 heterocycles. The summed E-state index contributed by atoms with van der Waals surface area (Å²) in [5.41, 5.74) is 11.1. The largest absolute Gasteiger partial charge is 0.493 e. The number of nitrogens with two attached hydrogens (primary N) is 1. The topological polar surface area (TPSA) is 76.8 Å². The Morgan fingerprint density at radius 1 is 0.952 bits per heavy atom. The smallest absolute Gasteiger partial charge is 0.218 e. The van der Waals surface area contributed by atoms with E-state index in [-0.39, 0.29) is 17.4 Å². The predicted octanol–water partition coefficient (Wildman–Crippen LogP) is 6.54. The molecule has 3 aromatic carbocycles. The maximum absolute atomic E-state index is 13.0. The van der Waals surface area contributed by atoms with Gasteiger partial charge in [0.05, 0.1) is 14.2 Å². The number of benzene rings is 3. The molecule has 0 aromatic heterocycles. The molecule has 3 N–H and O–H groups in total. The molecule has 2 atom stereocenters. The van der Waals surface area contributed by atoms with E-state index in [0.717, 1.165) is 62.7 Å². The fraction of sp³-hybridized carbons (Fsp3) is 0.472. The number of methoxy groups -OCH3 is 2. The molecule has 0 fully saturated rings. The first-order valence-corrected chi connectivity index (χ1v) is 15.5. The number of amides is 1. The summed E-state index contributed by atoms with van der Waals surface area (Å²) < 4.78 is 11.4. The van der Waals surface area contributed by atoms with E-state index in [0.29, 0.717) is 17.9 Å². The first kappa shape index (κ1) is 31.6. The van der Waals surface area contributed by atoms with Crippen molar-refractivity contribution in [3.8, 4) is 11.5 Å². The highest BCUT2D eigenvalue weighted by Crippen LogP contribution is 2.46. The molecule has 0 radical (unpaired) electrons. The number of hydrogen-bond donors (Lipinski definition) is 2. The zero-order valence-electron chi connectivity index (χ0n) is 26.1. The van der Waals surface area contributed by atoms with Crippen LogP contribution in [0.5, 0.6) is 11.5 Å². The molecule has 4 rings (SSSR count). The third-order valence-corrected chi connectivity index (χ3v) is 9.07. The molecule has 1 amide bonds. The fourth-order valence-corrected chi connectivity index (χ4v) is 7.08. The highest BCUT2D eigenvalue weighted by Gasteiger charge is 2.49. The molecule has 226 valence electrons. The van der Waals surface area contributed by atoms with E-state index in [1.54, 1.807) is 21.1 Å². The minimum atomic E-state index is -0.876. The number of carbonyl (C=O) groups excluding carboxylic acids is 1. The molecule has 3 aromatic rings. The van der Waals surface area contributed by atoms with Gasteiger partial charge in [-0.2, -0.15) is 0 Å². The normalized spacial score (nSPS) is 17.8. The molecule has 0 spiro atoms. The summed E-state index contributed by atoms with van der Waals surface area (Å²) in [6.45, 7) is 7.69. The van der Waals surface area contributed by atoms with Gasteiger partial charge in [-0.1, -0.05) is 87.4 Å². The van der Waals surface area contributed by atoms with Gasteiger partial charge in [0.25, 0.3) is 0 Å². The van der Waals surface area contributed by atoms with E-state index in [2.05, 4.69) is 90.8 Å². The minimum Gasteiger partial charge on any atom is -0.493 e. The third kappa shape index (κ3) is 6.20. The van der Waals surface area contributed by atoms with Crippen molar-refractivity contribution in [2.24, 2.45) is 5.73 Å². The predicted molar refractivity (Wildman–Crippen MR) is 171 cm³/mol. The third-order valence-electron chi connectivity index (χ3n) is 9.07. The van der Waals surface area contributed by atoms with Crippen LogP contribution in [0.15, 0.2) is 72.8 Å². The number of fused-ring (bicyclic) bond motifs is 1. The van der Waals surface area contributed by atoms with Crippen molar-refractivity contribution in [2.45, 2.75) is 82.8 Å². The van der Waals surface area contributed by atoms with Crippen LogP contribution in [0.2, 0.25) is 0 Å². The molecule has 0 saturated heterocycles. The van der Waals surface area contributed by atoms with Crippen LogP contribution in [0.1, 0.15) is 81.5 Å². The van der Waals surface area contributed by atoms with Gasteiger partial charge in [0.15, 0.2) is 11.5 Å². The summed E-state index contributed by atoms with van der Waals surface area (Å²) in [5.74, 6) is 1.24. The SMILES string of the molecule is CCCCN1CCc2cc(OC)c(OC)cc2C1(NC(C)=O)C(N)CCC(CCC)(c1ccccc1)c1ccccc1. The van der Waals surface area contributed by atoms with Crippen molar-refractivity contribution in [2.75, 3.05) is 27.3 Å². The van der Waals surface area contributed by atoms with Crippen LogP contribution < -0.4 is 20.5 Å². The monoisotopic (exact) mass is 571 g/mol. The van der Waals surface area contributed by atoms with Crippen LogP contribution in [0.3, 0.4) is 0 Å². The lowest BCUT2D eigenvalue weighted by molar-refractivity contribution is -0.125. The van der Waals surface area contributed by atoms with Crippen LogP contribution in [-0.2, 0) is 22.3 Å². The summed E-state index contributed by atoms with van der Waals surface area (Å²) in [5, 5.41) is 3.41. The first-order chi connectivity index (χ1) is 20.4. The van der Waals surface area contributed by atoms with Crippen LogP contribution in [0.4, 0.5) is 0 Å². The van der Waals surface area contributed by atoms with Gasteiger partial charge in [0, 0.05) is 37.0 Å². The lowest BCUT2D eigenvalue weighted by Crippen LogP contribution is -2.69. The maximum Gasteiger partial charge on any atom is 0.218 e. The lowest BCUT2D eigenvalue weighted by atomic mass is 9.67. The molecule has 2 unspecified atom stereocenters. The highest BCUT2D eigenvalue weighted by molar-refractivity contribution is 5.74. The number of rotatable bonds is 14. The minimum absolute atomic E-state index is 0.0967. The van der Waals surface area contributed by atoms with E-state index < -0.39 is 5.66 Å². The van der Waals surface area contributed by atoms with Gasteiger partial charge in [0.2, 0.25) is 5.91 Å². The number of carbonyl (C=O) groups is 1. The molecule has 42 heavy (non-hydrogen) atoms. The molecule has 0 aliphatic carbocycles. The molecule has 6 nitrogen and oxygen atoms in total. The van der Waals surface area contributed by atoms with Gasteiger partial charge in [-0.3, -0.25) is 9.69 Å². The van der Waals surface area contributed by atoms with Crippen molar-refractivity contribution in [3.05, 3.63) is 95.1 Å². The van der Waals surface area contributed by atoms with Gasteiger partial charge in [0.1, 0.15) is 5.66 Å². The standard InChI is InChI=1S/C36H49N3O3/c1-6-8-23-39-24-20-28-25-32(41-4)33(42-5)26-31(28)36(39,38-27(3)40)34(37)19-22-35(21-7-2,29-15-11-9-12-16-29)30-17-13-10-14-18-30/h9-18,25-26,34H,6-8,19-24,37H2,1-5H3,(H,38,40). The van der Waals surface area contributed by atoms with Gasteiger partial charge in [-0.15, -0.1) is 0 Å².